The van der Waals surface area contributed by atoms with Crippen molar-refractivity contribution in [2.75, 3.05) is 18.5 Å². The first-order valence-electron chi connectivity index (χ1n) is 5.73. The molecule has 0 amide bonds. The zero-order chi connectivity index (χ0) is 12.0. The van der Waals surface area contributed by atoms with Crippen molar-refractivity contribution in [3.8, 4) is 0 Å². The molecule has 0 bridgehead atoms. The maximum absolute atomic E-state index is 8.93. The van der Waals surface area contributed by atoms with Crippen molar-refractivity contribution in [3.63, 3.8) is 0 Å². The van der Waals surface area contributed by atoms with Gasteiger partial charge in [-0.2, -0.15) is 0 Å². The third-order valence-electron chi connectivity index (χ3n) is 2.62. The van der Waals surface area contributed by atoms with Gasteiger partial charge in [0.15, 0.2) is 0 Å². The Hall–Kier alpha value is -1.16. The highest BCUT2D eigenvalue weighted by molar-refractivity contribution is 5.34. The fourth-order valence-electron chi connectivity index (χ4n) is 1.41. The maximum atomic E-state index is 8.93. The highest BCUT2D eigenvalue weighted by atomic mass is 16.3. The second-order valence-corrected chi connectivity index (χ2v) is 4.74. The normalized spacial score (nSPS) is 11.5. The van der Waals surface area contributed by atoms with E-state index >= 15 is 0 Å². The summed E-state index contributed by atoms with van der Waals surface area (Å²) in [6, 6.07) is 1.97. The Bertz CT molecular complexity index is 326. The van der Waals surface area contributed by atoms with E-state index in [-0.39, 0.29) is 12.0 Å². The zero-order valence-electron chi connectivity index (χ0n) is 10.3. The number of hydrogen-bond acceptors (Lipinski definition) is 4. The van der Waals surface area contributed by atoms with Crippen molar-refractivity contribution < 1.29 is 5.11 Å². The van der Waals surface area contributed by atoms with E-state index in [0.717, 1.165) is 30.9 Å². The number of aromatic nitrogens is 2. The van der Waals surface area contributed by atoms with Gasteiger partial charge in [-0.3, -0.25) is 0 Å². The van der Waals surface area contributed by atoms with Crippen LogP contribution < -0.4 is 5.32 Å². The van der Waals surface area contributed by atoms with Crippen molar-refractivity contribution >= 4 is 5.82 Å². The van der Waals surface area contributed by atoms with Crippen LogP contribution >= 0.6 is 0 Å². The van der Waals surface area contributed by atoms with Crippen LogP contribution in [-0.4, -0.2) is 28.2 Å². The zero-order valence-corrected chi connectivity index (χ0v) is 10.3. The molecule has 2 N–H and O–H groups in total. The summed E-state index contributed by atoms with van der Waals surface area (Å²) in [5.74, 6) is 0.859. The Balaban J connectivity index is 2.53. The van der Waals surface area contributed by atoms with E-state index in [1.807, 2.05) is 6.07 Å². The Labute approximate surface area is 97.1 Å². The highest BCUT2D eigenvalue weighted by Gasteiger charge is 2.16. The molecule has 0 radical (unpaired) electrons. The molecule has 1 aromatic rings. The molecule has 1 rings (SSSR count). The number of aryl methyl sites for hydroxylation is 1. The quantitative estimate of drug-likeness (QED) is 0.773. The molecule has 90 valence electrons. The average molecular weight is 223 g/mol. The minimum atomic E-state index is 0.0755. The molecule has 0 fully saturated rings. The molecule has 0 unspecified atom stereocenters. The first kappa shape index (κ1) is 12.9. The summed E-state index contributed by atoms with van der Waals surface area (Å²) in [6.07, 6.45) is 3.28. The van der Waals surface area contributed by atoms with Crippen LogP contribution in [-0.2, 0) is 6.42 Å². The molecule has 0 aliphatic rings. The van der Waals surface area contributed by atoms with E-state index in [2.05, 4.69) is 36.1 Å². The van der Waals surface area contributed by atoms with Crippen LogP contribution in [0.25, 0.3) is 0 Å². The van der Waals surface area contributed by atoms with Gasteiger partial charge in [-0.25, -0.2) is 9.97 Å². The summed E-state index contributed by atoms with van der Waals surface area (Å²) >= 11 is 0. The van der Waals surface area contributed by atoms with Gasteiger partial charge in [0.05, 0.1) is 0 Å². The second-order valence-electron chi connectivity index (χ2n) is 4.74. The Morgan fingerprint density at radius 2 is 2.12 bits per heavy atom. The van der Waals surface area contributed by atoms with Crippen molar-refractivity contribution in [3.05, 3.63) is 18.1 Å². The predicted molar refractivity (Wildman–Crippen MR) is 65.4 cm³/mol. The summed E-state index contributed by atoms with van der Waals surface area (Å²) in [5.41, 5.74) is 1.11. The SMILES string of the molecule is CCc1cc(NCC(C)(C)CCO)ncn1. The lowest BCUT2D eigenvalue weighted by Gasteiger charge is -2.24. The van der Waals surface area contributed by atoms with Gasteiger partial charge in [-0.05, 0) is 18.3 Å². The van der Waals surface area contributed by atoms with Crippen LogP contribution in [0.5, 0.6) is 0 Å². The molecule has 0 spiro atoms. The molecule has 1 aromatic heterocycles. The molecule has 0 saturated heterocycles. The van der Waals surface area contributed by atoms with E-state index in [4.69, 9.17) is 5.11 Å². The number of nitrogens with zero attached hydrogens (tertiary/aromatic N) is 2. The summed E-state index contributed by atoms with van der Waals surface area (Å²) in [5, 5.41) is 12.2. The lowest BCUT2D eigenvalue weighted by Crippen LogP contribution is -2.24. The number of nitrogens with one attached hydrogen (secondary N) is 1. The third-order valence-corrected chi connectivity index (χ3v) is 2.62. The van der Waals surface area contributed by atoms with Crippen LogP contribution in [0.2, 0.25) is 0 Å². The highest BCUT2D eigenvalue weighted by Crippen LogP contribution is 2.20. The smallest absolute Gasteiger partial charge is 0.129 e. The van der Waals surface area contributed by atoms with Gasteiger partial charge < -0.3 is 10.4 Å². The third kappa shape index (κ3) is 4.14. The van der Waals surface area contributed by atoms with Crippen LogP contribution in [0.4, 0.5) is 5.82 Å². The number of anilines is 1. The molecule has 0 aromatic carbocycles. The molecule has 0 aliphatic carbocycles. The van der Waals surface area contributed by atoms with Crippen molar-refractivity contribution in [2.45, 2.75) is 33.6 Å². The average Bonchev–Trinajstić information content (AvgIpc) is 2.27. The summed E-state index contributed by atoms with van der Waals surface area (Å²) < 4.78 is 0. The van der Waals surface area contributed by atoms with Gasteiger partial charge >= 0.3 is 0 Å². The molecular weight excluding hydrogens is 202 g/mol. The monoisotopic (exact) mass is 223 g/mol. The maximum Gasteiger partial charge on any atom is 0.129 e. The van der Waals surface area contributed by atoms with E-state index < -0.39 is 0 Å². The van der Waals surface area contributed by atoms with E-state index in [9.17, 15) is 0 Å². The van der Waals surface area contributed by atoms with Crippen molar-refractivity contribution in [2.24, 2.45) is 5.41 Å². The molecule has 0 atom stereocenters. The molecule has 1 heterocycles. The fourth-order valence-corrected chi connectivity index (χ4v) is 1.41. The largest absolute Gasteiger partial charge is 0.396 e. The number of rotatable bonds is 6. The van der Waals surface area contributed by atoms with Crippen molar-refractivity contribution in [1.82, 2.24) is 9.97 Å². The standard InChI is InChI=1S/C12H21N3O/c1-4-10-7-11(15-9-14-10)13-8-12(2,3)5-6-16/h7,9,16H,4-6,8H2,1-3H3,(H,13,14,15). The molecule has 16 heavy (non-hydrogen) atoms. The van der Waals surface area contributed by atoms with Gasteiger partial charge in [0.1, 0.15) is 12.1 Å². The van der Waals surface area contributed by atoms with Gasteiger partial charge in [0.2, 0.25) is 0 Å². The van der Waals surface area contributed by atoms with Crippen LogP contribution in [0, 0.1) is 5.41 Å². The Kier molecular flexibility index (Phi) is 4.68. The number of aliphatic hydroxyl groups is 1. The van der Waals surface area contributed by atoms with Crippen LogP contribution in [0.1, 0.15) is 32.9 Å². The minimum absolute atomic E-state index is 0.0755. The second kappa shape index (κ2) is 5.80. The number of aliphatic hydroxyl groups excluding tert-OH is 1. The predicted octanol–water partition coefficient (Wildman–Crippen LogP) is 1.86. The van der Waals surface area contributed by atoms with Gasteiger partial charge in [0.25, 0.3) is 0 Å². The van der Waals surface area contributed by atoms with Crippen LogP contribution in [0.15, 0.2) is 12.4 Å². The number of hydrogen-bond donors (Lipinski definition) is 2. The first-order chi connectivity index (χ1) is 7.57. The van der Waals surface area contributed by atoms with E-state index in [1.165, 1.54) is 0 Å². The van der Waals surface area contributed by atoms with E-state index in [1.54, 1.807) is 6.33 Å². The molecule has 0 aliphatic heterocycles. The summed E-state index contributed by atoms with van der Waals surface area (Å²) in [4.78, 5) is 8.31. The molecule has 4 nitrogen and oxygen atoms in total. The Morgan fingerprint density at radius 3 is 2.75 bits per heavy atom. The molecular formula is C12H21N3O. The fraction of sp³-hybridized carbons (Fsp3) is 0.667. The molecule has 0 saturated carbocycles. The summed E-state index contributed by atoms with van der Waals surface area (Å²) in [7, 11) is 0. The van der Waals surface area contributed by atoms with E-state index in [0.29, 0.717) is 0 Å². The lowest BCUT2D eigenvalue weighted by atomic mass is 9.90. The van der Waals surface area contributed by atoms with Gasteiger partial charge in [0, 0.05) is 24.9 Å². The van der Waals surface area contributed by atoms with Gasteiger partial charge in [-0.15, -0.1) is 0 Å². The van der Waals surface area contributed by atoms with Crippen LogP contribution in [0.3, 0.4) is 0 Å². The lowest BCUT2D eigenvalue weighted by molar-refractivity contribution is 0.220. The van der Waals surface area contributed by atoms with Gasteiger partial charge in [-0.1, -0.05) is 20.8 Å². The summed E-state index contributed by atoms with van der Waals surface area (Å²) in [6.45, 7) is 7.34. The Morgan fingerprint density at radius 1 is 1.38 bits per heavy atom. The molecule has 4 heteroatoms. The minimum Gasteiger partial charge on any atom is -0.396 e. The van der Waals surface area contributed by atoms with Crippen molar-refractivity contribution in [1.29, 1.82) is 0 Å². The first-order valence-corrected chi connectivity index (χ1v) is 5.73. The topological polar surface area (TPSA) is 58.0 Å².